The van der Waals surface area contributed by atoms with Crippen molar-refractivity contribution in [1.82, 2.24) is 14.9 Å². The van der Waals surface area contributed by atoms with Crippen molar-refractivity contribution in [3.63, 3.8) is 0 Å². The fourth-order valence-electron chi connectivity index (χ4n) is 3.72. The van der Waals surface area contributed by atoms with E-state index in [1.54, 1.807) is 55.0 Å². The highest BCUT2D eigenvalue weighted by molar-refractivity contribution is 6.03. The number of halogens is 2. The van der Waals surface area contributed by atoms with Crippen LogP contribution in [0.4, 0.5) is 8.78 Å². The zero-order chi connectivity index (χ0) is 25.7. The van der Waals surface area contributed by atoms with Gasteiger partial charge in [0.1, 0.15) is 17.7 Å². The first-order chi connectivity index (χ1) is 17.3. The number of carbonyl (C=O) groups excluding carboxylic acids is 1. The minimum absolute atomic E-state index is 0.254. The van der Waals surface area contributed by atoms with E-state index in [2.05, 4.69) is 10.3 Å². The predicted molar refractivity (Wildman–Crippen MR) is 133 cm³/mol. The lowest BCUT2D eigenvalue weighted by atomic mass is 9.94. The first kappa shape index (κ1) is 24.5. The number of carbonyl (C=O) groups is 2. The summed E-state index contributed by atoms with van der Waals surface area (Å²) in [6, 6.07) is 15.9. The highest BCUT2D eigenvalue weighted by atomic mass is 19.1. The van der Waals surface area contributed by atoms with Gasteiger partial charge in [-0.2, -0.15) is 0 Å². The zero-order valence-corrected chi connectivity index (χ0v) is 19.4. The SMILES string of the molecule is CC(NC(=O)c1ccc(C=C(Cn2ccnc2)c2ccc(F)cc2)cc1-c1ccc(F)cc1)C(=O)O. The Kier molecular flexibility index (Phi) is 7.34. The van der Waals surface area contributed by atoms with Gasteiger partial charge in [0, 0.05) is 24.5 Å². The highest BCUT2D eigenvalue weighted by Gasteiger charge is 2.19. The number of aliphatic carboxylic acids is 1. The van der Waals surface area contributed by atoms with E-state index in [1.807, 2.05) is 16.8 Å². The second-order valence-corrected chi connectivity index (χ2v) is 8.26. The lowest BCUT2D eigenvalue weighted by Gasteiger charge is -2.15. The molecule has 0 aliphatic rings. The molecule has 0 fully saturated rings. The summed E-state index contributed by atoms with van der Waals surface area (Å²) < 4.78 is 29.0. The van der Waals surface area contributed by atoms with Gasteiger partial charge in [-0.3, -0.25) is 9.59 Å². The number of allylic oxidation sites excluding steroid dienone is 1. The Labute approximate surface area is 206 Å². The lowest BCUT2D eigenvalue weighted by Crippen LogP contribution is -2.38. The summed E-state index contributed by atoms with van der Waals surface area (Å²) in [4.78, 5) is 28.2. The summed E-state index contributed by atoms with van der Waals surface area (Å²) in [6.45, 7) is 1.84. The molecule has 1 heterocycles. The molecule has 1 aromatic heterocycles. The van der Waals surface area contributed by atoms with Crippen LogP contribution >= 0.6 is 0 Å². The van der Waals surface area contributed by atoms with Gasteiger partial charge in [-0.1, -0.05) is 30.3 Å². The van der Waals surface area contributed by atoms with Gasteiger partial charge in [-0.15, -0.1) is 0 Å². The minimum atomic E-state index is -1.16. The third-order valence-electron chi connectivity index (χ3n) is 5.63. The van der Waals surface area contributed by atoms with Crippen molar-refractivity contribution in [1.29, 1.82) is 0 Å². The highest BCUT2D eigenvalue weighted by Crippen LogP contribution is 2.28. The van der Waals surface area contributed by atoms with Crippen molar-refractivity contribution in [2.24, 2.45) is 0 Å². The molecular weight excluding hydrogens is 464 g/mol. The van der Waals surface area contributed by atoms with E-state index in [0.29, 0.717) is 17.7 Å². The number of carboxylic acid groups (broad SMARTS) is 1. The fraction of sp³-hybridized carbons (Fsp3) is 0.107. The Balaban J connectivity index is 1.79. The maximum atomic E-state index is 13.6. The van der Waals surface area contributed by atoms with E-state index in [9.17, 15) is 23.5 Å². The quantitative estimate of drug-likeness (QED) is 0.332. The smallest absolute Gasteiger partial charge is 0.325 e. The second kappa shape index (κ2) is 10.8. The summed E-state index contributed by atoms with van der Waals surface area (Å²) in [6.07, 6.45) is 7.08. The number of imidazole rings is 1. The molecule has 8 heteroatoms. The zero-order valence-electron chi connectivity index (χ0n) is 19.4. The van der Waals surface area contributed by atoms with Crippen LogP contribution < -0.4 is 5.32 Å². The maximum absolute atomic E-state index is 13.6. The van der Waals surface area contributed by atoms with Crippen LogP contribution in [0.3, 0.4) is 0 Å². The third-order valence-corrected chi connectivity index (χ3v) is 5.63. The molecular formula is C28H23F2N3O3. The first-order valence-corrected chi connectivity index (χ1v) is 11.2. The average molecular weight is 488 g/mol. The maximum Gasteiger partial charge on any atom is 0.325 e. The van der Waals surface area contributed by atoms with Gasteiger partial charge in [0.2, 0.25) is 0 Å². The Morgan fingerprint density at radius 3 is 2.31 bits per heavy atom. The predicted octanol–water partition coefficient (Wildman–Crippen LogP) is 5.27. The van der Waals surface area contributed by atoms with E-state index >= 15 is 0 Å². The number of hydrogen-bond acceptors (Lipinski definition) is 3. The van der Waals surface area contributed by atoms with E-state index in [0.717, 1.165) is 16.7 Å². The molecule has 3 aromatic carbocycles. The van der Waals surface area contributed by atoms with Crippen molar-refractivity contribution < 1.29 is 23.5 Å². The molecule has 4 aromatic rings. The molecule has 1 atom stereocenters. The molecule has 0 radical (unpaired) electrons. The topological polar surface area (TPSA) is 84.2 Å². The van der Waals surface area contributed by atoms with Crippen LogP contribution in [0.5, 0.6) is 0 Å². The van der Waals surface area contributed by atoms with Gasteiger partial charge >= 0.3 is 5.97 Å². The van der Waals surface area contributed by atoms with Crippen molar-refractivity contribution in [3.8, 4) is 11.1 Å². The molecule has 0 saturated heterocycles. The van der Waals surface area contributed by atoms with Crippen LogP contribution in [0.25, 0.3) is 22.8 Å². The number of aromatic nitrogens is 2. The number of rotatable bonds is 8. The monoisotopic (exact) mass is 487 g/mol. The van der Waals surface area contributed by atoms with Crippen molar-refractivity contribution in [2.45, 2.75) is 19.5 Å². The van der Waals surface area contributed by atoms with Crippen LogP contribution in [-0.4, -0.2) is 32.6 Å². The molecule has 0 saturated carbocycles. The third kappa shape index (κ3) is 5.90. The number of carboxylic acids is 1. The summed E-state index contributed by atoms with van der Waals surface area (Å²) in [5.74, 6) is -2.48. The lowest BCUT2D eigenvalue weighted by molar-refractivity contribution is -0.138. The van der Waals surface area contributed by atoms with E-state index in [1.165, 1.54) is 31.2 Å². The number of nitrogens with one attached hydrogen (secondary N) is 1. The molecule has 2 N–H and O–H groups in total. The van der Waals surface area contributed by atoms with Crippen LogP contribution in [0.15, 0.2) is 85.5 Å². The second-order valence-electron chi connectivity index (χ2n) is 8.26. The van der Waals surface area contributed by atoms with Gasteiger partial charge in [0.25, 0.3) is 5.91 Å². The molecule has 182 valence electrons. The minimum Gasteiger partial charge on any atom is -0.480 e. The van der Waals surface area contributed by atoms with E-state index < -0.39 is 23.7 Å². The molecule has 36 heavy (non-hydrogen) atoms. The van der Waals surface area contributed by atoms with Gasteiger partial charge < -0.3 is 15.0 Å². The number of nitrogens with zero attached hydrogens (tertiary/aromatic N) is 2. The molecule has 4 rings (SSSR count). The molecule has 1 unspecified atom stereocenters. The average Bonchev–Trinajstić information content (AvgIpc) is 3.37. The van der Waals surface area contributed by atoms with Gasteiger partial charge in [0.05, 0.1) is 6.33 Å². The molecule has 0 aliphatic heterocycles. The summed E-state index contributed by atoms with van der Waals surface area (Å²) >= 11 is 0. The van der Waals surface area contributed by atoms with Crippen LogP contribution in [0, 0.1) is 11.6 Å². The van der Waals surface area contributed by atoms with Crippen molar-refractivity contribution in [3.05, 3.63) is 114 Å². The van der Waals surface area contributed by atoms with Gasteiger partial charge in [-0.25, -0.2) is 13.8 Å². The van der Waals surface area contributed by atoms with Gasteiger partial charge in [0.15, 0.2) is 0 Å². The Morgan fingerprint density at radius 2 is 1.69 bits per heavy atom. The van der Waals surface area contributed by atoms with Crippen LogP contribution in [0.2, 0.25) is 0 Å². The number of amides is 1. The molecule has 6 nitrogen and oxygen atoms in total. The Bertz CT molecular complexity index is 1400. The number of benzene rings is 3. The Hall–Kier alpha value is -4.59. The summed E-state index contributed by atoms with van der Waals surface area (Å²) in [5, 5.41) is 11.6. The molecule has 0 aliphatic carbocycles. The Morgan fingerprint density at radius 1 is 1.03 bits per heavy atom. The molecule has 1 amide bonds. The van der Waals surface area contributed by atoms with Crippen LogP contribution in [-0.2, 0) is 11.3 Å². The summed E-state index contributed by atoms with van der Waals surface area (Å²) in [7, 11) is 0. The largest absolute Gasteiger partial charge is 0.480 e. The van der Waals surface area contributed by atoms with Crippen molar-refractivity contribution >= 4 is 23.5 Å². The molecule has 0 bridgehead atoms. The van der Waals surface area contributed by atoms with Crippen LogP contribution in [0.1, 0.15) is 28.4 Å². The standard InChI is InChI=1S/C28H23F2N3O3/c1-18(28(35)36)32-27(34)25-11-2-19(15-26(25)21-5-9-24(30)10-6-21)14-22(16-33-13-12-31-17-33)20-3-7-23(29)8-4-20/h2-15,17-18H,16H2,1H3,(H,32,34)(H,35,36). The number of hydrogen-bond donors (Lipinski definition) is 2. The normalized spacial score (nSPS) is 12.2. The molecule has 0 spiro atoms. The van der Waals surface area contributed by atoms with E-state index in [-0.39, 0.29) is 11.4 Å². The van der Waals surface area contributed by atoms with Crippen molar-refractivity contribution in [2.75, 3.05) is 0 Å². The first-order valence-electron chi connectivity index (χ1n) is 11.2. The summed E-state index contributed by atoms with van der Waals surface area (Å²) in [5.41, 5.74) is 3.79. The van der Waals surface area contributed by atoms with Gasteiger partial charge in [-0.05, 0) is 77.2 Å². The fourth-order valence-corrected chi connectivity index (χ4v) is 3.72. The van der Waals surface area contributed by atoms with E-state index in [4.69, 9.17) is 0 Å².